The Balaban J connectivity index is 1.93. The summed E-state index contributed by atoms with van der Waals surface area (Å²) < 4.78 is 37.0. The highest BCUT2D eigenvalue weighted by molar-refractivity contribution is 8.00. The van der Waals surface area contributed by atoms with Crippen LogP contribution in [-0.2, 0) is 6.42 Å². The molecule has 0 saturated heterocycles. The smallest absolute Gasteiger partial charge is 0.350 e. The fourth-order valence-electron chi connectivity index (χ4n) is 2.44. The Kier molecular flexibility index (Phi) is 7.11. The third-order valence-corrected chi connectivity index (χ3v) is 4.63. The van der Waals surface area contributed by atoms with Gasteiger partial charge < -0.3 is 10.2 Å². The van der Waals surface area contributed by atoms with Crippen molar-refractivity contribution >= 4 is 17.7 Å². The Labute approximate surface area is 155 Å². The number of amides is 1. The molecule has 0 saturated carbocycles. The number of nitrogens with zero attached hydrogens (tertiary/aromatic N) is 1. The first-order valence-electron chi connectivity index (χ1n) is 8.09. The van der Waals surface area contributed by atoms with Gasteiger partial charge in [-0.25, -0.2) is 0 Å². The summed E-state index contributed by atoms with van der Waals surface area (Å²) in [6.07, 6.45) is 0.787. The number of carbonyl (C=O) groups excluding carboxylic acids is 1. The number of carbonyl (C=O) groups is 1. The average molecular weight is 382 g/mol. The van der Waals surface area contributed by atoms with Gasteiger partial charge in [0.15, 0.2) is 0 Å². The molecule has 3 nitrogen and oxygen atoms in total. The van der Waals surface area contributed by atoms with Gasteiger partial charge in [-0.05, 0) is 62.1 Å². The number of nitrogens with one attached hydrogen (secondary N) is 1. The van der Waals surface area contributed by atoms with Crippen molar-refractivity contribution in [2.75, 3.05) is 20.6 Å². The minimum atomic E-state index is -4.33. The number of alkyl halides is 3. The molecule has 0 aliphatic heterocycles. The molecular weight excluding hydrogens is 361 g/mol. The first kappa shape index (κ1) is 20.3. The first-order chi connectivity index (χ1) is 12.2. The zero-order valence-corrected chi connectivity index (χ0v) is 15.4. The molecule has 1 atom stereocenters. The molecule has 26 heavy (non-hydrogen) atoms. The molecule has 0 bridgehead atoms. The van der Waals surface area contributed by atoms with Gasteiger partial charge in [0.1, 0.15) is 0 Å². The average Bonchev–Trinajstić information content (AvgIpc) is 2.58. The van der Waals surface area contributed by atoms with Crippen molar-refractivity contribution < 1.29 is 18.0 Å². The zero-order chi connectivity index (χ0) is 19.2. The van der Waals surface area contributed by atoms with Crippen LogP contribution >= 0.6 is 11.8 Å². The predicted molar refractivity (Wildman–Crippen MR) is 98.3 cm³/mol. The van der Waals surface area contributed by atoms with E-state index in [4.69, 9.17) is 0 Å². The second-order valence-corrected chi connectivity index (χ2v) is 7.23. The lowest BCUT2D eigenvalue weighted by Crippen LogP contribution is -2.41. The van der Waals surface area contributed by atoms with E-state index in [9.17, 15) is 18.0 Å². The van der Waals surface area contributed by atoms with Crippen LogP contribution in [0.1, 0.15) is 15.9 Å². The maximum absolute atomic E-state index is 12.3. The summed E-state index contributed by atoms with van der Waals surface area (Å²) in [5.41, 5.74) is -2.82. The van der Waals surface area contributed by atoms with Crippen molar-refractivity contribution in [3.8, 4) is 0 Å². The number of hydrogen-bond donors (Lipinski definition) is 1. The fraction of sp³-hybridized carbons (Fsp3) is 0.316. The van der Waals surface area contributed by atoms with E-state index in [-0.39, 0.29) is 28.6 Å². The van der Waals surface area contributed by atoms with E-state index < -0.39 is 5.51 Å². The van der Waals surface area contributed by atoms with E-state index in [0.29, 0.717) is 12.1 Å². The largest absolute Gasteiger partial charge is 0.446 e. The molecule has 2 aromatic carbocycles. The molecule has 0 fully saturated rings. The summed E-state index contributed by atoms with van der Waals surface area (Å²) in [6, 6.07) is 15.5. The quantitative estimate of drug-likeness (QED) is 0.729. The van der Waals surface area contributed by atoms with Gasteiger partial charge in [-0.3, -0.25) is 4.79 Å². The number of hydrogen-bond acceptors (Lipinski definition) is 3. The summed E-state index contributed by atoms with van der Waals surface area (Å²) in [5.74, 6) is -0.298. The molecule has 2 rings (SSSR count). The molecule has 7 heteroatoms. The maximum Gasteiger partial charge on any atom is 0.446 e. The molecule has 0 aliphatic rings. The van der Waals surface area contributed by atoms with Crippen LogP contribution in [-0.4, -0.2) is 43.0 Å². The topological polar surface area (TPSA) is 32.3 Å². The van der Waals surface area contributed by atoms with Gasteiger partial charge in [-0.1, -0.05) is 30.3 Å². The standard InChI is InChI=1S/C19H21F3N2OS/c1-24(2)16(12-14-6-4-3-5-7-14)13-23-18(25)15-8-10-17(11-9-15)26-19(20,21)22/h3-11,16H,12-13H2,1-2H3,(H,23,25). The summed E-state index contributed by atoms with van der Waals surface area (Å²) >= 11 is -0.194. The van der Waals surface area contributed by atoms with Crippen molar-refractivity contribution in [3.63, 3.8) is 0 Å². The van der Waals surface area contributed by atoms with Gasteiger partial charge in [0.2, 0.25) is 0 Å². The predicted octanol–water partition coefficient (Wildman–Crippen LogP) is 4.20. The van der Waals surface area contributed by atoms with Crippen molar-refractivity contribution in [1.29, 1.82) is 0 Å². The highest BCUT2D eigenvalue weighted by atomic mass is 32.2. The van der Waals surface area contributed by atoms with E-state index >= 15 is 0 Å². The van der Waals surface area contributed by atoms with Gasteiger partial charge in [-0.2, -0.15) is 13.2 Å². The third kappa shape index (κ3) is 6.72. The molecule has 0 aliphatic carbocycles. The van der Waals surface area contributed by atoms with Crippen LogP contribution in [0.3, 0.4) is 0 Å². The zero-order valence-electron chi connectivity index (χ0n) is 14.6. The molecule has 140 valence electrons. The van der Waals surface area contributed by atoms with Crippen molar-refractivity contribution in [3.05, 3.63) is 65.7 Å². The molecule has 1 amide bonds. The van der Waals surface area contributed by atoms with Crippen molar-refractivity contribution in [2.24, 2.45) is 0 Å². The highest BCUT2D eigenvalue weighted by Crippen LogP contribution is 2.36. The summed E-state index contributed by atoms with van der Waals surface area (Å²) in [5, 5.41) is 2.86. The molecule has 0 radical (unpaired) electrons. The number of rotatable bonds is 7. The van der Waals surface area contributed by atoms with Gasteiger partial charge in [-0.15, -0.1) is 0 Å². The number of benzene rings is 2. The van der Waals surface area contributed by atoms with Crippen molar-refractivity contribution in [2.45, 2.75) is 22.9 Å². The lowest BCUT2D eigenvalue weighted by molar-refractivity contribution is -0.0328. The van der Waals surface area contributed by atoms with Crippen LogP contribution in [0.15, 0.2) is 59.5 Å². The second kappa shape index (κ2) is 9.09. The Morgan fingerprint density at radius 3 is 2.23 bits per heavy atom. The summed E-state index contributed by atoms with van der Waals surface area (Å²) in [6.45, 7) is 0.444. The minimum absolute atomic E-state index is 0.0595. The number of thioether (sulfide) groups is 1. The number of halogens is 3. The first-order valence-corrected chi connectivity index (χ1v) is 8.90. The molecule has 2 aromatic rings. The van der Waals surface area contributed by atoms with Crippen LogP contribution in [0.5, 0.6) is 0 Å². The Bertz CT molecular complexity index is 703. The lowest BCUT2D eigenvalue weighted by atomic mass is 10.1. The lowest BCUT2D eigenvalue weighted by Gasteiger charge is -2.24. The van der Waals surface area contributed by atoms with Crippen LogP contribution in [0.25, 0.3) is 0 Å². The van der Waals surface area contributed by atoms with Gasteiger partial charge in [0, 0.05) is 23.0 Å². The van der Waals surface area contributed by atoms with Gasteiger partial charge in [0.05, 0.1) is 0 Å². The normalized spacial score (nSPS) is 12.8. The SMILES string of the molecule is CN(C)C(CNC(=O)c1ccc(SC(F)(F)F)cc1)Cc1ccccc1. The van der Waals surface area contributed by atoms with Crippen molar-refractivity contribution in [1.82, 2.24) is 10.2 Å². The molecule has 1 N–H and O–H groups in total. The summed E-state index contributed by atoms with van der Waals surface area (Å²) in [4.78, 5) is 14.4. The molecular formula is C19H21F3N2OS. The highest BCUT2D eigenvalue weighted by Gasteiger charge is 2.29. The number of likely N-dealkylation sites (N-methyl/N-ethyl adjacent to an activating group) is 1. The van der Waals surface area contributed by atoms with Crippen LogP contribution in [0, 0.1) is 0 Å². The van der Waals surface area contributed by atoms with E-state index in [1.807, 2.05) is 49.3 Å². The van der Waals surface area contributed by atoms with Gasteiger partial charge >= 0.3 is 5.51 Å². The summed E-state index contributed by atoms with van der Waals surface area (Å²) in [7, 11) is 3.89. The van der Waals surface area contributed by atoms with Crippen LogP contribution in [0.2, 0.25) is 0 Å². The van der Waals surface area contributed by atoms with E-state index in [0.717, 1.165) is 6.42 Å². The molecule has 1 unspecified atom stereocenters. The molecule has 0 aromatic heterocycles. The maximum atomic E-state index is 12.3. The monoisotopic (exact) mass is 382 g/mol. The van der Waals surface area contributed by atoms with Gasteiger partial charge in [0.25, 0.3) is 5.91 Å². The Morgan fingerprint density at radius 1 is 1.08 bits per heavy atom. The fourth-order valence-corrected chi connectivity index (χ4v) is 2.98. The van der Waals surface area contributed by atoms with E-state index in [1.165, 1.54) is 29.8 Å². The minimum Gasteiger partial charge on any atom is -0.350 e. The third-order valence-electron chi connectivity index (χ3n) is 3.89. The van der Waals surface area contributed by atoms with Crippen LogP contribution < -0.4 is 5.32 Å². The molecule has 0 heterocycles. The molecule has 0 spiro atoms. The van der Waals surface area contributed by atoms with E-state index in [1.54, 1.807) is 0 Å². The Morgan fingerprint density at radius 2 is 1.69 bits per heavy atom. The van der Waals surface area contributed by atoms with E-state index in [2.05, 4.69) is 5.32 Å². The van der Waals surface area contributed by atoms with Crippen LogP contribution in [0.4, 0.5) is 13.2 Å². The Hall–Kier alpha value is -1.99. The second-order valence-electron chi connectivity index (χ2n) is 6.09.